The zero-order valence-corrected chi connectivity index (χ0v) is 22.1. The third-order valence-corrected chi connectivity index (χ3v) is 4.88. The van der Waals surface area contributed by atoms with Gasteiger partial charge in [0.05, 0.1) is 48.9 Å². The number of hydrogen-bond acceptors (Lipinski definition) is 5. The number of carbonyl (C=O) groups excluding carboxylic acids is 2. The summed E-state index contributed by atoms with van der Waals surface area (Å²) in [6.07, 6.45) is 12.2. The van der Waals surface area contributed by atoms with Gasteiger partial charge in [0.25, 0.3) is 0 Å². The minimum Gasteiger partial charge on any atom is -0.457 e. The van der Waals surface area contributed by atoms with Crippen LogP contribution in [-0.4, -0.2) is 102 Å². The molecule has 1 atom stereocenters. The van der Waals surface area contributed by atoms with E-state index in [-0.39, 0.29) is 38.2 Å². The van der Waals surface area contributed by atoms with Crippen molar-refractivity contribution in [3.05, 3.63) is 0 Å². The summed E-state index contributed by atoms with van der Waals surface area (Å²) in [5.41, 5.74) is 0. The van der Waals surface area contributed by atoms with Crippen LogP contribution in [0.1, 0.15) is 71.1 Å². The summed E-state index contributed by atoms with van der Waals surface area (Å²) in [5.74, 6) is -0.618. The number of esters is 2. The Hall–Kier alpha value is -1.18. The van der Waals surface area contributed by atoms with Crippen molar-refractivity contribution < 1.29 is 32.8 Å². The van der Waals surface area contributed by atoms with Gasteiger partial charge in [0.15, 0.2) is 19.2 Å². The molecule has 0 radical (unpaired) electrons. The molecule has 0 fully saturated rings. The second kappa shape index (κ2) is 17.3. The Morgan fingerprint density at radius 3 is 1.62 bits per heavy atom. The fourth-order valence-electron chi connectivity index (χ4n) is 3.25. The molecule has 0 aromatic carbocycles. The van der Waals surface area contributed by atoms with Crippen LogP contribution in [0, 0.1) is 0 Å². The highest BCUT2D eigenvalue weighted by atomic mass is 16.6. The van der Waals surface area contributed by atoms with Crippen molar-refractivity contribution in [3.8, 4) is 0 Å². The first-order valence-electron chi connectivity index (χ1n) is 12.5. The van der Waals surface area contributed by atoms with Crippen LogP contribution < -0.4 is 0 Å². The van der Waals surface area contributed by atoms with Gasteiger partial charge in [-0.1, -0.05) is 64.7 Å². The van der Waals surface area contributed by atoms with Crippen molar-refractivity contribution in [2.24, 2.45) is 0 Å². The number of nitrogens with zero attached hydrogens (tertiary/aromatic N) is 2. The molecule has 32 heavy (non-hydrogen) atoms. The predicted molar refractivity (Wildman–Crippen MR) is 129 cm³/mol. The number of rotatable bonds is 20. The van der Waals surface area contributed by atoms with Crippen molar-refractivity contribution in [3.63, 3.8) is 0 Å². The molecule has 1 unspecified atom stereocenters. The van der Waals surface area contributed by atoms with Gasteiger partial charge >= 0.3 is 11.9 Å². The molecule has 0 bridgehead atoms. The van der Waals surface area contributed by atoms with Crippen molar-refractivity contribution in [2.45, 2.75) is 77.2 Å². The Morgan fingerprint density at radius 1 is 0.656 bits per heavy atom. The Morgan fingerprint density at radius 2 is 1.12 bits per heavy atom. The van der Waals surface area contributed by atoms with Crippen LogP contribution in [0.4, 0.5) is 0 Å². The van der Waals surface area contributed by atoms with Crippen LogP contribution in [0.5, 0.6) is 0 Å². The average molecular weight is 461 g/mol. The lowest BCUT2D eigenvalue weighted by Crippen LogP contribution is -2.43. The topological polar surface area (TPSA) is 61.8 Å². The number of hydrogen-bond donors (Lipinski definition) is 0. The maximum Gasteiger partial charge on any atom is 0.362 e. The van der Waals surface area contributed by atoms with Crippen molar-refractivity contribution >= 4 is 11.9 Å². The van der Waals surface area contributed by atoms with Gasteiger partial charge in [0, 0.05) is 6.61 Å². The zero-order valence-electron chi connectivity index (χ0n) is 22.1. The van der Waals surface area contributed by atoms with Gasteiger partial charge in [-0.15, -0.1) is 0 Å². The van der Waals surface area contributed by atoms with E-state index in [9.17, 15) is 9.59 Å². The highest BCUT2D eigenvalue weighted by molar-refractivity contribution is 5.71. The minimum atomic E-state index is -0.575. The van der Waals surface area contributed by atoms with Gasteiger partial charge in [-0.25, -0.2) is 9.59 Å². The van der Waals surface area contributed by atoms with Gasteiger partial charge in [0.2, 0.25) is 0 Å². The SMILES string of the molecule is CCCCCCCCCCCCOCC(COC(=O)C[N+](C)(C)C)OC(=O)C[N+](C)(C)C. The third kappa shape index (κ3) is 22.0. The quantitative estimate of drug-likeness (QED) is 0.157. The summed E-state index contributed by atoms with van der Waals surface area (Å²) in [7, 11) is 11.6. The second-order valence-corrected chi connectivity index (χ2v) is 10.9. The molecule has 190 valence electrons. The average Bonchev–Trinajstić information content (AvgIpc) is 2.63. The lowest BCUT2D eigenvalue weighted by molar-refractivity contribution is -0.863. The molecule has 0 aliphatic carbocycles. The molecule has 0 saturated carbocycles. The second-order valence-electron chi connectivity index (χ2n) is 10.9. The summed E-state index contributed by atoms with van der Waals surface area (Å²) in [5, 5.41) is 0. The molecule has 7 heteroatoms. The Bertz CT molecular complexity index is 498. The van der Waals surface area contributed by atoms with E-state index in [1.54, 1.807) is 0 Å². The summed E-state index contributed by atoms with van der Waals surface area (Å²) in [6, 6.07) is 0. The van der Waals surface area contributed by atoms with E-state index < -0.39 is 6.10 Å². The maximum atomic E-state index is 12.2. The fourth-order valence-corrected chi connectivity index (χ4v) is 3.25. The number of ether oxygens (including phenoxy) is 3. The first-order chi connectivity index (χ1) is 14.9. The van der Waals surface area contributed by atoms with Gasteiger partial charge in [-0.05, 0) is 6.42 Å². The Balaban J connectivity index is 4.16. The first-order valence-corrected chi connectivity index (χ1v) is 12.5. The maximum absolute atomic E-state index is 12.2. The van der Waals surface area contributed by atoms with Crippen LogP contribution in [0.3, 0.4) is 0 Å². The normalized spacial score (nSPS) is 13.1. The zero-order chi connectivity index (χ0) is 24.5. The van der Waals surface area contributed by atoms with E-state index in [4.69, 9.17) is 14.2 Å². The summed E-state index contributed by atoms with van der Waals surface area (Å²) in [4.78, 5) is 24.3. The standard InChI is InChI=1S/C25H52N2O5/c1-8-9-10-11-12-13-14-15-16-17-18-30-21-23(32-25(29)20-27(5,6)7)22-31-24(28)19-26(2,3)4/h23H,8-22H2,1-7H3/q+2. The number of likely N-dealkylation sites (N-methyl/N-ethyl adjacent to an activating group) is 2. The number of quaternary nitrogens is 2. The van der Waals surface area contributed by atoms with Gasteiger partial charge in [-0.2, -0.15) is 0 Å². The molecule has 0 aromatic heterocycles. The van der Waals surface area contributed by atoms with E-state index in [2.05, 4.69) is 6.92 Å². The lowest BCUT2D eigenvalue weighted by atomic mass is 10.1. The first kappa shape index (κ1) is 30.8. The van der Waals surface area contributed by atoms with Crippen molar-refractivity contribution in [1.29, 1.82) is 0 Å². The number of unbranched alkanes of at least 4 members (excludes halogenated alkanes) is 9. The Labute approximate surface area is 197 Å². The number of carbonyl (C=O) groups is 2. The molecule has 0 N–H and O–H groups in total. The van der Waals surface area contributed by atoms with Crippen LogP contribution in [0.15, 0.2) is 0 Å². The largest absolute Gasteiger partial charge is 0.457 e. The van der Waals surface area contributed by atoms with Gasteiger partial charge in [-0.3, -0.25) is 0 Å². The summed E-state index contributed by atoms with van der Waals surface area (Å²) in [6.45, 7) is 3.67. The minimum absolute atomic E-state index is 0.0275. The molecule has 0 aliphatic heterocycles. The van der Waals surface area contributed by atoms with Crippen LogP contribution in [0.2, 0.25) is 0 Å². The molecule has 0 aliphatic rings. The molecule has 0 amide bonds. The predicted octanol–water partition coefficient (Wildman–Crippen LogP) is 3.79. The van der Waals surface area contributed by atoms with Crippen LogP contribution >= 0.6 is 0 Å². The summed E-state index contributed by atoms with van der Waals surface area (Å²) < 4.78 is 17.6. The Kier molecular flexibility index (Phi) is 16.7. The van der Waals surface area contributed by atoms with Gasteiger partial charge < -0.3 is 23.2 Å². The third-order valence-electron chi connectivity index (χ3n) is 4.88. The smallest absolute Gasteiger partial charge is 0.362 e. The lowest BCUT2D eigenvalue weighted by Gasteiger charge is -2.25. The van der Waals surface area contributed by atoms with E-state index in [1.807, 2.05) is 42.3 Å². The van der Waals surface area contributed by atoms with Crippen molar-refractivity contribution in [1.82, 2.24) is 0 Å². The molecule has 0 heterocycles. The van der Waals surface area contributed by atoms with Crippen molar-refractivity contribution in [2.75, 3.05) is 75.2 Å². The van der Waals surface area contributed by atoms with E-state index in [0.29, 0.717) is 15.6 Å². The van der Waals surface area contributed by atoms with Crippen LogP contribution in [-0.2, 0) is 23.8 Å². The van der Waals surface area contributed by atoms with E-state index in [1.165, 1.54) is 51.4 Å². The monoisotopic (exact) mass is 460 g/mol. The molecule has 0 spiro atoms. The molecule has 0 aromatic rings. The molecular weight excluding hydrogens is 408 g/mol. The summed E-state index contributed by atoms with van der Waals surface area (Å²) >= 11 is 0. The van der Waals surface area contributed by atoms with Crippen LogP contribution in [0.25, 0.3) is 0 Å². The molecule has 7 nitrogen and oxygen atoms in total. The van der Waals surface area contributed by atoms with Gasteiger partial charge in [0.1, 0.15) is 6.61 Å². The fraction of sp³-hybridized carbons (Fsp3) is 0.920. The highest BCUT2D eigenvalue weighted by Gasteiger charge is 2.23. The molecule has 0 saturated heterocycles. The highest BCUT2D eigenvalue weighted by Crippen LogP contribution is 2.10. The molecular formula is C25H52N2O5+2. The molecule has 0 rings (SSSR count). The van der Waals surface area contributed by atoms with E-state index in [0.717, 1.165) is 12.8 Å². The van der Waals surface area contributed by atoms with E-state index >= 15 is 0 Å².